The lowest BCUT2D eigenvalue weighted by molar-refractivity contribution is -0.122. The van der Waals surface area contributed by atoms with Gasteiger partial charge in [-0.15, -0.1) is 0 Å². The van der Waals surface area contributed by atoms with Gasteiger partial charge in [0.2, 0.25) is 5.91 Å². The third-order valence-electron chi connectivity index (χ3n) is 3.06. The highest BCUT2D eigenvalue weighted by molar-refractivity contribution is 5.76. The zero-order valence-electron chi connectivity index (χ0n) is 12.2. The minimum Gasteiger partial charge on any atom is -0.492 e. The lowest BCUT2D eigenvalue weighted by Gasteiger charge is -2.16. The summed E-state index contributed by atoms with van der Waals surface area (Å²) in [5.41, 5.74) is 8.65. The van der Waals surface area contributed by atoms with E-state index in [0.29, 0.717) is 6.61 Å². The summed E-state index contributed by atoms with van der Waals surface area (Å²) in [7, 11) is 0. The molecule has 19 heavy (non-hydrogen) atoms. The first-order chi connectivity index (χ1) is 8.95. The maximum atomic E-state index is 11.0. The average molecular weight is 264 g/mol. The number of amides is 1. The molecule has 0 aliphatic carbocycles. The number of benzene rings is 1. The molecule has 0 aliphatic heterocycles. The molecule has 1 atom stereocenters. The van der Waals surface area contributed by atoms with E-state index in [1.807, 2.05) is 13.8 Å². The molecular weight excluding hydrogens is 240 g/mol. The van der Waals surface area contributed by atoms with Crippen molar-refractivity contribution in [2.24, 2.45) is 11.7 Å². The Labute approximate surface area is 115 Å². The van der Waals surface area contributed by atoms with E-state index in [4.69, 9.17) is 10.5 Å². The number of primary amides is 1. The molecule has 1 unspecified atom stereocenters. The number of aryl methyl sites for hydroxylation is 2. The van der Waals surface area contributed by atoms with Gasteiger partial charge in [-0.1, -0.05) is 26.0 Å². The van der Waals surface area contributed by atoms with Gasteiger partial charge in [-0.25, -0.2) is 0 Å². The lowest BCUT2D eigenvalue weighted by Crippen LogP contribution is -2.26. The van der Waals surface area contributed by atoms with Crippen LogP contribution >= 0.6 is 0 Å². The van der Waals surface area contributed by atoms with Gasteiger partial charge in [-0.3, -0.25) is 4.79 Å². The number of hydrogen-bond donors (Lipinski definition) is 2. The molecule has 3 N–H and O–H groups in total. The Hall–Kier alpha value is -1.55. The zero-order chi connectivity index (χ0) is 14.4. The number of rotatable bonds is 7. The molecule has 1 amide bonds. The van der Waals surface area contributed by atoms with Crippen LogP contribution in [0, 0.1) is 19.8 Å². The van der Waals surface area contributed by atoms with Crippen LogP contribution in [0.1, 0.15) is 30.5 Å². The summed E-state index contributed by atoms with van der Waals surface area (Å²) in [4.78, 5) is 11.0. The lowest BCUT2D eigenvalue weighted by atomic mass is 10.1. The van der Waals surface area contributed by atoms with Gasteiger partial charge >= 0.3 is 0 Å². The molecule has 106 valence electrons. The standard InChI is InChI=1S/C15H24N2O2/c1-5-17-8-13-6-10(2)14(11(3)7-13)19-9-12(4)15(16)18/h6-7,12,17H,5,8-9H2,1-4H3,(H2,16,18). The monoisotopic (exact) mass is 264 g/mol. The molecule has 0 radical (unpaired) electrons. The second-order valence-electron chi connectivity index (χ2n) is 4.95. The number of carbonyl (C=O) groups excluding carboxylic acids is 1. The Kier molecular flexibility index (Phi) is 5.83. The van der Waals surface area contributed by atoms with E-state index in [2.05, 4.69) is 24.4 Å². The molecular formula is C15H24N2O2. The van der Waals surface area contributed by atoms with Gasteiger partial charge < -0.3 is 15.8 Å². The SMILES string of the molecule is CCNCc1cc(C)c(OCC(C)C(N)=O)c(C)c1. The van der Waals surface area contributed by atoms with Crippen molar-refractivity contribution in [2.75, 3.05) is 13.2 Å². The van der Waals surface area contributed by atoms with Crippen LogP contribution in [-0.2, 0) is 11.3 Å². The van der Waals surface area contributed by atoms with Crippen molar-refractivity contribution in [2.45, 2.75) is 34.2 Å². The number of nitrogens with two attached hydrogens (primary N) is 1. The van der Waals surface area contributed by atoms with Crippen molar-refractivity contribution in [1.82, 2.24) is 5.32 Å². The first-order valence-electron chi connectivity index (χ1n) is 6.68. The Bertz CT molecular complexity index is 421. The number of nitrogens with one attached hydrogen (secondary N) is 1. The maximum Gasteiger partial charge on any atom is 0.223 e. The van der Waals surface area contributed by atoms with Crippen LogP contribution in [0.2, 0.25) is 0 Å². The molecule has 0 saturated heterocycles. The Balaban J connectivity index is 2.76. The van der Waals surface area contributed by atoms with E-state index in [-0.39, 0.29) is 11.8 Å². The predicted octanol–water partition coefficient (Wildman–Crippen LogP) is 1.91. The summed E-state index contributed by atoms with van der Waals surface area (Å²) in [5, 5.41) is 3.30. The molecule has 0 aromatic heterocycles. The molecule has 0 aliphatic rings. The fraction of sp³-hybridized carbons (Fsp3) is 0.533. The van der Waals surface area contributed by atoms with E-state index < -0.39 is 0 Å². The van der Waals surface area contributed by atoms with Crippen molar-refractivity contribution in [3.05, 3.63) is 28.8 Å². The molecule has 0 spiro atoms. The molecule has 4 nitrogen and oxygen atoms in total. The van der Waals surface area contributed by atoms with E-state index in [9.17, 15) is 4.79 Å². The van der Waals surface area contributed by atoms with Crippen molar-refractivity contribution >= 4 is 5.91 Å². The molecule has 4 heteroatoms. The van der Waals surface area contributed by atoms with Gasteiger partial charge in [0.05, 0.1) is 12.5 Å². The Morgan fingerprint density at radius 2 is 1.95 bits per heavy atom. The van der Waals surface area contributed by atoms with Gasteiger partial charge in [0, 0.05) is 6.54 Å². The normalized spacial score (nSPS) is 12.2. The summed E-state index contributed by atoms with van der Waals surface area (Å²) in [6.07, 6.45) is 0. The van der Waals surface area contributed by atoms with Crippen molar-refractivity contribution in [1.29, 1.82) is 0 Å². The fourth-order valence-electron chi connectivity index (χ4n) is 1.93. The van der Waals surface area contributed by atoms with Gasteiger partial charge in [-0.2, -0.15) is 0 Å². The van der Waals surface area contributed by atoms with Crippen LogP contribution in [0.15, 0.2) is 12.1 Å². The summed E-state index contributed by atoms with van der Waals surface area (Å²) < 4.78 is 5.73. The van der Waals surface area contributed by atoms with E-state index in [0.717, 1.165) is 30.0 Å². The molecule has 0 fully saturated rings. The van der Waals surface area contributed by atoms with Gasteiger partial charge in [0.25, 0.3) is 0 Å². The summed E-state index contributed by atoms with van der Waals surface area (Å²) >= 11 is 0. The number of ether oxygens (including phenoxy) is 1. The quantitative estimate of drug-likeness (QED) is 0.790. The highest BCUT2D eigenvalue weighted by Crippen LogP contribution is 2.25. The van der Waals surface area contributed by atoms with E-state index >= 15 is 0 Å². The molecule has 1 aromatic rings. The van der Waals surface area contributed by atoms with Gasteiger partial charge in [0.1, 0.15) is 5.75 Å². The second kappa shape index (κ2) is 7.14. The van der Waals surface area contributed by atoms with Crippen LogP contribution in [0.3, 0.4) is 0 Å². The molecule has 1 rings (SSSR count). The van der Waals surface area contributed by atoms with E-state index in [1.54, 1.807) is 6.92 Å². The van der Waals surface area contributed by atoms with E-state index in [1.165, 1.54) is 5.56 Å². The highest BCUT2D eigenvalue weighted by atomic mass is 16.5. The minimum atomic E-state index is -0.334. The average Bonchev–Trinajstić information content (AvgIpc) is 2.34. The predicted molar refractivity (Wildman–Crippen MR) is 77.2 cm³/mol. The molecule has 0 saturated carbocycles. The summed E-state index contributed by atoms with van der Waals surface area (Å²) in [6, 6.07) is 4.22. The molecule has 0 heterocycles. The maximum absolute atomic E-state index is 11.0. The summed E-state index contributed by atoms with van der Waals surface area (Å²) in [5.74, 6) is 0.243. The van der Waals surface area contributed by atoms with Crippen molar-refractivity contribution in [3.8, 4) is 5.75 Å². The first-order valence-corrected chi connectivity index (χ1v) is 6.68. The van der Waals surface area contributed by atoms with Gasteiger partial charge in [0.15, 0.2) is 0 Å². The van der Waals surface area contributed by atoms with Crippen LogP contribution in [-0.4, -0.2) is 19.1 Å². The summed E-state index contributed by atoms with van der Waals surface area (Å²) in [6.45, 7) is 10.0. The number of carbonyl (C=O) groups is 1. The topological polar surface area (TPSA) is 64.3 Å². The third-order valence-corrected chi connectivity index (χ3v) is 3.06. The Morgan fingerprint density at radius 3 is 2.42 bits per heavy atom. The second-order valence-corrected chi connectivity index (χ2v) is 4.95. The Morgan fingerprint density at radius 1 is 1.37 bits per heavy atom. The smallest absolute Gasteiger partial charge is 0.223 e. The van der Waals surface area contributed by atoms with Crippen LogP contribution in [0.25, 0.3) is 0 Å². The largest absolute Gasteiger partial charge is 0.492 e. The van der Waals surface area contributed by atoms with Crippen molar-refractivity contribution in [3.63, 3.8) is 0 Å². The number of hydrogen-bond acceptors (Lipinski definition) is 3. The first kappa shape index (κ1) is 15.5. The zero-order valence-corrected chi connectivity index (χ0v) is 12.2. The molecule has 1 aromatic carbocycles. The van der Waals surface area contributed by atoms with Crippen LogP contribution in [0.4, 0.5) is 0 Å². The molecule has 0 bridgehead atoms. The third kappa shape index (κ3) is 4.56. The van der Waals surface area contributed by atoms with Crippen molar-refractivity contribution < 1.29 is 9.53 Å². The highest BCUT2D eigenvalue weighted by Gasteiger charge is 2.12. The minimum absolute atomic E-state index is 0.278. The van der Waals surface area contributed by atoms with Gasteiger partial charge in [-0.05, 0) is 37.1 Å². The van der Waals surface area contributed by atoms with Crippen LogP contribution in [0.5, 0.6) is 5.75 Å². The fourth-order valence-corrected chi connectivity index (χ4v) is 1.93. The van der Waals surface area contributed by atoms with Crippen LogP contribution < -0.4 is 15.8 Å².